The molecule has 20 heavy (non-hydrogen) atoms. The van der Waals surface area contributed by atoms with Crippen molar-refractivity contribution in [2.45, 2.75) is 65.5 Å². The van der Waals surface area contributed by atoms with E-state index in [9.17, 15) is 0 Å². The molecule has 1 saturated carbocycles. The second kappa shape index (κ2) is 6.12. The lowest BCUT2D eigenvalue weighted by molar-refractivity contribution is 0.220. The summed E-state index contributed by atoms with van der Waals surface area (Å²) in [6.07, 6.45) is 4.67. The van der Waals surface area contributed by atoms with Crippen molar-refractivity contribution in [2.75, 3.05) is 5.32 Å². The number of aromatic nitrogens is 3. The highest BCUT2D eigenvalue weighted by atomic mass is 35.5. The van der Waals surface area contributed by atoms with E-state index in [4.69, 9.17) is 16.3 Å². The average molecular weight is 299 g/mol. The fourth-order valence-corrected chi connectivity index (χ4v) is 2.54. The predicted molar refractivity (Wildman–Crippen MR) is 80.3 cm³/mol. The van der Waals surface area contributed by atoms with E-state index in [0.29, 0.717) is 17.4 Å². The van der Waals surface area contributed by atoms with E-state index in [1.54, 1.807) is 0 Å². The van der Waals surface area contributed by atoms with Crippen LogP contribution in [0.15, 0.2) is 0 Å². The molecule has 0 saturated heterocycles. The van der Waals surface area contributed by atoms with Crippen molar-refractivity contribution in [3.8, 4) is 6.01 Å². The third kappa shape index (κ3) is 4.47. The minimum absolute atomic E-state index is 0.0109. The van der Waals surface area contributed by atoms with Crippen LogP contribution < -0.4 is 10.1 Å². The molecule has 1 heterocycles. The summed E-state index contributed by atoms with van der Waals surface area (Å²) in [5, 5.41) is 3.51. The summed E-state index contributed by atoms with van der Waals surface area (Å²) in [6, 6.07) is 0.673. The number of nitrogens with one attached hydrogen (secondary N) is 1. The van der Waals surface area contributed by atoms with Gasteiger partial charge in [0.2, 0.25) is 11.2 Å². The minimum atomic E-state index is 0.0109. The van der Waals surface area contributed by atoms with Gasteiger partial charge in [-0.15, -0.1) is 0 Å². The molecule has 1 aromatic rings. The van der Waals surface area contributed by atoms with Gasteiger partial charge >= 0.3 is 6.01 Å². The Morgan fingerprint density at radius 3 is 2.45 bits per heavy atom. The highest BCUT2D eigenvalue weighted by molar-refractivity contribution is 6.28. The van der Waals surface area contributed by atoms with Crippen molar-refractivity contribution >= 4 is 17.5 Å². The third-order valence-corrected chi connectivity index (χ3v) is 3.77. The van der Waals surface area contributed by atoms with Crippen LogP contribution in [0.5, 0.6) is 6.01 Å². The zero-order chi connectivity index (χ0) is 14.8. The van der Waals surface area contributed by atoms with Gasteiger partial charge in [0.15, 0.2) is 0 Å². The molecule has 112 valence electrons. The van der Waals surface area contributed by atoms with Crippen LogP contribution in [0.1, 0.15) is 53.4 Å². The van der Waals surface area contributed by atoms with E-state index < -0.39 is 0 Å². The van der Waals surface area contributed by atoms with Gasteiger partial charge in [0.25, 0.3) is 0 Å². The largest absolute Gasteiger partial charge is 0.461 e. The zero-order valence-electron chi connectivity index (χ0n) is 12.6. The van der Waals surface area contributed by atoms with E-state index in [1.165, 1.54) is 12.8 Å². The standard InChI is InChI=1S/C14H23ClN4O/c1-9(2)20-13-18-11(15)17-12(19-13)16-10-5-7-14(3,4)8-6-10/h9-10H,5-8H2,1-4H3,(H,16,17,18,19). The molecule has 0 bridgehead atoms. The number of hydrogen-bond acceptors (Lipinski definition) is 5. The second-order valence-electron chi connectivity index (χ2n) is 6.46. The Labute approximate surface area is 125 Å². The molecule has 0 amide bonds. The van der Waals surface area contributed by atoms with Crippen LogP contribution in [-0.4, -0.2) is 27.1 Å². The van der Waals surface area contributed by atoms with E-state index >= 15 is 0 Å². The highest BCUT2D eigenvalue weighted by Crippen LogP contribution is 2.35. The van der Waals surface area contributed by atoms with Crippen LogP contribution >= 0.6 is 11.6 Å². The Bertz CT molecular complexity index is 454. The minimum Gasteiger partial charge on any atom is -0.461 e. The molecule has 0 unspecified atom stereocenters. The number of halogens is 1. The van der Waals surface area contributed by atoms with Gasteiger partial charge in [0, 0.05) is 6.04 Å². The number of anilines is 1. The van der Waals surface area contributed by atoms with Crippen LogP contribution in [-0.2, 0) is 0 Å². The van der Waals surface area contributed by atoms with Crippen LogP contribution in [0, 0.1) is 5.41 Å². The molecule has 2 rings (SSSR count). The highest BCUT2D eigenvalue weighted by Gasteiger charge is 2.27. The van der Waals surface area contributed by atoms with Crippen molar-refractivity contribution in [3.63, 3.8) is 0 Å². The van der Waals surface area contributed by atoms with E-state index in [0.717, 1.165) is 12.8 Å². The molecule has 1 aliphatic carbocycles. The fourth-order valence-electron chi connectivity index (χ4n) is 2.39. The molecule has 0 aromatic carbocycles. The first-order valence-corrected chi connectivity index (χ1v) is 7.57. The molecule has 1 aromatic heterocycles. The van der Waals surface area contributed by atoms with Crippen molar-refractivity contribution in [2.24, 2.45) is 5.41 Å². The lowest BCUT2D eigenvalue weighted by Crippen LogP contribution is -2.30. The van der Waals surface area contributed by atoms with Gasteiger partial charge in [0.05, 0.1) is 6.10 Å². The van der Waals surface area contributed by atoms with Crippen molar-refractivity contribution in [1.29, 1.82) is 0 Å². The molecule has 0 radical (unpaired) electrons. The second-order valence-corrected chi connectivity index (χ2v) is 6.80. The Hall–Kier alpha value is -1.10. The van der Waals surface area contributed by atoms with Crippen LogP contribution in [0.3, 0.4) is 0 Å². The number of rotatable bonds is 4. The van der Waals surface area contributed by atoms with Crippen LogP contribution in [0.25, 0.3) is 0 Å². The zero-order valence-corrected chi connectivity index (χ0v) is 13.4. The van der Waals surface area contributed by atoms with E-state index in [1.807, 2.05) is 13.8 Å². The first-order valence-electron chi connectivity index (χ1n) is 7.19. The first kappa shape index (κ1) is 15.3. The van der Waals surface area contributed by atoms with Gasteiger partial charge in [0.1, 0.15) is 0 Å². The fraction of sp³-hybridized carbons (Fsp3) is 0.786. The summed E-state index contributed by atoms with van der Waals surface area (Å²) in [5.41, 5.74) is 0.445. The maximum atomic E-state index is 5.91. The maximum absolute atomic E-state index is 5.91. The van der Waals surface area contributed by atoms with E-state index in [-0.39, 0.29) is 17.4 Å². The van der Waals surface area contributed by atoms with Crippen LogP contribution in [0.2, 0.25) is 5.28 Å². The Morgan fingerprint density at radius 2 is 1.85 bits per heavy atom. The lowest BCUT2D eigenvalue weighted by atomic mass is 9.76. The molecule has 0 aliphatic heterocycles. The molecule has 1 fully saturated rings. The summed E-state index contributed by atoms with van der Waals surface area (Å²) in [4.78, 5) is 12.4. The van der Waals surface area contributed by atoms with Crippen molar-refractivity contribution in [1.82, 2.24) is 15.0 Å². The Balaban J connectivity index is 2.00. The quantitative estimate of drug-likeness (QED) is 0.918. The summed E-state index contributed by atoms with van der Waals surface area (Å²) in [5.74, 6) is 0.505. The topological polar surface area (TPSA) is 59.9 Å². The molecule has 0 spiro atoms. The monoisotopic (exact) mass is 298 g/mol. The Morgan fingerprint density at radius 1 is 1.20 bits per heavy atom. The van der Waals surface area contributed by atoms with Gasteiger partial charge in [-0.3, -0.25) is 0 Å². The van der Waals surface area contributed by atoms with Gasteiger partial charge in [-0.1, -0.05) is 13.8 Å². The molecular weight excluding hydrogens is 276 g/mol. The molecule has 6 heteroatoms. The molecule has 1 aliphatic rings. The van der Waals surface area contributed by atoms with Gasteiger partial charge in [-0.2, -0.15) is 15.0 Å². The van der Waals surface area contributed by atoms with E-state index in [2.05, 4.69) is 34.1 Å². The number of nitrogens with zero attached hydrogens (tertiary/aromatic N) is 3. The summed E-state index contributed by atoms with van der Waals surface area (Å²) >= 11 is 5.91. The first-order chi connectivity index (χ1) is 9.34. The summed E-state index contributed by atoms with van der Waals surface area (Å²) < 4.78 is 5.47. The summed E-state index contributed by atoms with van der Waals surface area (Å²) in [7, 11) is 0. The predicted octanol–water partition coefficient (Wildman–Crippen LogP) is 3.69. The SMILES string of the molecule is CC(C)Oc1nc(Cl)nc(NC2CCC(C)(C)CC2)n1. The number of hydrogen-bond donors (Lipinski definition) is 1. The molecule has 5 nitrogen and oxygen atoms in total. The van der Waals surface area contributed by atoms with Gasteiger partial charge < -0.3 is 10.1 Å². The van der Waals surface area contributed by atoms with Gasteiger partial charge in [-0.25, -0.2) is 0 Å². The molecule has 1 N–H and O–H groups in total. The summed E-state index contributed by atoms with van der Waals surface area (Å²) in [6.45, 7) is 8.48. The van der Waals surface area contributed by atoms with Crippen LogP contribution in [0.4, 0.5) is 5.95 Å². The lowest BCUT2D eigenvalue weighted by Gasteiger charge is -2.34. The average Bonchev–Trinajstić information content (AvgIpc) is 2.30. The number of ether oxygens (including phenoxy) is 1. The smallest absolute Gasteiger partial charge is 0.322 e. The van der Waals surface area contributed by atoms with Crippen molar-refractivity contribution in [3.05, 3.63) is 5.28 Å². The van der Waals surface area contributed by atoms with Gasteiger partial charge in [-0.05, 0) is 56.5 Å². The third-order valence-electron chi connectivity index (χ3n) is 3.60. The van der Waals surface area contributed by atoms with Crippen molar-refractivity contribution < 1.29 is 4.74 Å². The maximum Gasteiger partial charge on any atom is 0.322 e. The molecule has 0 atom stereocenters. The normalized spacial score (nSPS) is 19.1. The Kier molecular flexibility index (Phi) is 4.68. The molecular formula is C14H23ClN4O.